The molecule has 2 heterocycles. The number of amides is 1. The molecule has 0 fully saturated rings. The Kier molecular flexibility index (Phi) is 2.99. The van der Waals surface area contributed by atoms with Gasteiger partial charge in [-0.05, 0) is 12.1 Å². The van der Waals surface area contributed by atoms with Crippen molar-refractivity contribution >= 4 is 34.0 Å². The molecule has 0 radical (unpaired) electrons. The maximum atomic E-state index is 11.2. The summed E-state index contributed by atoms with van der Waals surface area (Å²) in [5.41, 5.74) is 12.9. The van der Waals surface area contributed by atoms with Gasteiger partial charge in [-0.3, -0.25) is 4.79 Å². The SMILES string of the molecule is NC(N)=Nc1nc(-c2ccc3c(c2)OCC(=O)N3)cs1. The fourth-order valence-corrected chi connectivity index (χ4v) is 2.51. The van der Waals surface area contributed by atoms with Gasteiger partial charge in [0.05, 0.1) is 11.4 Å². The van der Waals surface area contributed by atoms with Crippen molar-refractivity contribution in [1.29, 1.82) is 0 Å². The van der Waals surface area contributed by atoms with Crippen molar-refractivity contribution in [2.75, 3.05) is 11.9 Å². The molecule has 1 amide bonds. The van der Waals surface area contributed by atoms with E-state index in [0.717, 1.165) is 11.3 Å². The highest BCUT2D eigenvalue weighted by Crippen LogP contribution is 2.34. The standard InChI is InChI=1S/C12H11N5O2S/c13-11(14)17-12-16-8(5-20-12)6-1-2-7-9(3-6)19-4-10(18)15-7/h1-3,5H,4H2,(H,15,18)(H4,13,14,16,17). The summed E-state index contributed by atoms with van der Waals surface area (Å²) in [6.07, 6.45) is 0. The van der Waals surface area contributed by atoms with Crippen LogP contribution in [0.3, 0.4) is 0 Å². The molecule has 20 heavy (non-hydrogen) atoms. The third-order valence-electron chi connectivity index (χ3n) is 2.63. The van der Waals surface area contributed by atoms with E-state index in [2.05, 4.69) is 15.3 Å². The summed E-state index contributed by atoms with van der Waals surface area (Å²) in [5, 5.41) is 5.08. The molecule has 1 aliphatic heterocycles. The first-order valence-electron chi connectivity index (χ1n) is 5.74. The van der Waals surface area contributed by atoms with Crippen LogP contribution in [-0.2, 0) is 4.79 Å². The van der Waals surface area contributed by atoms with E-state index in [1.165, 1.54) is 11.3 Å². The second kappa shape index (κ2) is 4.82. The lowest BCUT2D eigenvalue weighted by atomic mass is 10.1. The highest BCUT2D eigenvalue weighted by Gasteiger charge is 2.16. The van der Waals surface area contributed by atoms with Crippen LogP contribution < -0.4 is 21.5 Å². The van der Waals surface area contributed by atoms with E-state index < -0.39 is 0 Å². The summed E-state index contributed by atoms with van der Waals surface area (Å²) in [4.78, 5) is 19.4. The molecular weight excluding hydrogens is 278 g/mol. The number of nitrogens with one attached hydrogen (secondary N) is 1. The van der Waals surface area contributed by atoms with Gasteiger partial charge in [-0.25, -0.2) is 4.98 Å². The van der Waals surface area contributed by atoms with Crippen molar-refractivity contribution in [1.82, 2.24) is 4.98 Å². The number of hydrogen-bond donors (Lipinski definition) is 3. The van der Waals surface area contributed by atoms with Gasteiger partial charge in [0, 0.05) is 10.9 Å². The second-order valence-corrected chi connectivity index (χ2v) is 4.94. The van der Waals surface area contributed by atoms with Crippen LogP contribution in [0.5, 0.6) is 5.75 Å². The third-order valence-corrected chi connectivity index (χ3v) is 3.36. The van der Waals surface area contributed by atoms with Crippen molar-refractivity contribution in [3.8, 4) is 17.0 Å². The molecule has 5 N–H and O–H groups in total. The topological polar surface area (TPSA) is 116 Å². The molecular formula is C12H11N5O2S. The Morgan fingerprint density at radius 1 is 1.45 bits per heavy atom. The molecule has 1 aliphatic rings. The molecule has 1 aromatic carbocycles. The van der Waals surface area contributed by atoms with Gasteiger partial charge in [0.1, 0.15) is 5.75 Å². The van der Waals surface area contributed by atoms with Crippen molar-refractivity contribution in [2.24, 2.45) is 16.5 Å². The maximum Gasteiger partial charge on any atom is 0.262 e. The number of anilines is 1. The number of hydrogen-bond acceptors (Lipinski definition) is 5. The van der Waals surface area contributed by atoms with Crippen molar-refractivity contribution in [3.05, 3.63) is 23.6 Å². The summed E-state index contributed by atoms with van der Waals surface area (Å²) in [7, 11) is 0. The molecule has 102 valence electrons. The number of guanidine groups is 1. The van der Waals surface area contributed by atoms with E-state index in [1.54, 1.807) is 6.07 Å². The molecule has 0 unspecified atom stereocenters. The number of carbonyl (C=O) groups excluding carboxylic acids is 1. The monoisotopic (exact) mass is 289 g/mol. The van der Waals surface area contributed by atoms with Gasteiger partial charge in [-0.1, -0.05) is 6.07 Å². The van der Waals surface area contributed by atoms with E-state index in [-0.39, 0.29) is 18.5 Å². The van der Waals surface area contributed by atoms with Gasteiger partial charge >= 0.3 is 0 Å². The number of rotatable bonds is 2. The van der Waals surface area contributed by atoms with Gasteiger partial charge in [0.2, 0.25) is 5.13 Å². The van der Waals surface area contributed by atoms with Crippen LogP contribution in [0, 0.1) is 0 Å². The number of benzene rings is 1. The number of nitrogens with zero attached hydrogens (tertiary/aromatic N) is 2. The summed E-state index contributed by atoms with van der Waals surface area (Å²) >= 11 is 1.34. The number of ether oxygens (including phenoxy) is 1. The van der Waals surface area contributed by atoms with E-state index in [9.17, 15) is 4.79 Å². The molecule has 0 aliphatic carbocycles. The van der Waals surface area contributed by atoms with Crippen LogP contribution in [0.2, 0.25) is 0 Å². The average molecular weight is 289 g/mol. The Morgan fingerprint density at radius 3 is 3.10 bits per heavy atom. The minimum atomic E-state index is -0.158. The molecule has 7 nitrogen and oxygen atoms in total. The van der Waals surface area contributed by atoms with Crippen LogP contribution in [-0.4, -0.2) is 23.5 Å². The summed E-state index contributed by atoms with van der Waals surface area (Å²) in [5.74, 6) is 0.440. The zero-order chi connectivity index (χ0) is 14.1. The largest absolute Gasteiger partial charge is 0.482 e. The first-order valence-corrected chi connectivity index (χ1v) is 6.62. The van der Waals surface area contributed by atoms with Gasteiger partial charge in [-0.2, -0.15) is 4.99 Å². The van der Waals surface area contributed by atoms with Crippen molar-refractivity contribution in [2.45, 2.75) is 0 Å². The van der Waals surface area contributed by atoms with Crippen molar-refractivity contribution in [3.63, 3.8) is 0 Å². The molecule has 0 saturated heterocycles. The van der Waals surface area contributed by atoms with Gasteiger partial charge < -0.3 is 21.5 Å². The maximum absolute atomic E-state index is 11.2. The Morgan fingerprint density at radius 2 is 2.30 bits per heavy atom. The number of nitrogens with two attached hydrogens (primary N) is 2. The van der Waals surface area contributed by atoms with Gasteiger partial charge in [0.15, 0.2) is 12.6 Å². The lowest BCUT2D eigenvalue weighted by Gasteiger charge is -2.18. The number of aromatic nitrogens is 1. The zero-order valence-corrected chi connectivity index (χ0v) is 11.1. The molecule has 0 atom stereocenters. The Hall–Kier alpha value is -2.61. The van der Waals surface area contributed by atoms with E-state index in [4.69, 9.17) is 16.2 Å². The minimum Gasteiger partial charge on any atom is -0.482 e. The molecule has 8 heteroatoms. The summed E-state index contributed by atoms with van der Waals surface area (Å²) in [6, 6.07) is 5.45. The van der Waals surface area contributed by atoms with E-state index in [0.29, 0.717) is 16.6 Å². The third kappa shape index (κ3) is 2.41. The smallest absolute Gasteiger partial charge is 0.262 e. The highest BCUT2D eigenvalue weighted by molar-refractivity contribution is 7.13. The van der Waals surface area contributed by atoms with Crippen LogP contribution in [0.25, 0.3) is 11.3 Å². The van der Waals surface area contributed by atoms with Crippen LogP contribution in [0.4, 0.5) is 10.8 Å². The van der Waals surface area contributed by atoms with Crippen LogP contribution in [0.15, 0.2) is 28.6 Å². The lowest BCUT2D eigenvalue weighted by molar-refractivity contribution is -0.118. The number of aliphatic imine (C=N–C) groups is 1. The normalized spacial score (nSPS) is 13.1. The Bertz CT molecular complexity index is 706. The van der Waals surface area contributed by atoms with E-state index in [1.807, 2.05) is 17.5 Å². The van der Waals surface area contributed by atoms with E-state index >= 15 is 0 Å². The molecule has 1 aromatic heterocycles. The van der Waals surface area contributed by atoms with Gasteiger partial charge in [0.25, 0.3) is 5.91 Å². The molecule has 0 bridgehead atoms. The fourth-order valence-electron chi connectivity index (χ4n) is 1.79. The first kappa shape index (κ1) is 12.4. The highest BCUT2D eigenvalue weighted by atomic mass is 32.1. The van der Waals surface area contributed by atoms with Gasteiger partial charge in [-0.15, -0.1) is 11.3 Å². The van der Waals surface area contributed by atoms with Crippen molar-refractivity contribution < 1.29 is 9.53 Å². The summed E-state index contributed by atoms with van der Waals surface area (Å²) in [6.45, 7) is 0.0206. The Labute approximate surface area is 118 Å². The average Bonchev–Trinajstić information content (AvgIpc) is 2.85. The molecule has 2 aromatic rings. The number of carbonyl (C=O) groups is 1. The molecule has 0 spiro atoms. The summed E-state index contributed by atoms with van der Waals surface area (Å²) < 4.78 is 5.37. The number of thiazole rings is 1. The quantitative estimate of drug-likeness (QED) is 0.564. The minimum absolute atomic E-state index is 0.0206. The fraction of sp³-hybridized carbons (Fsp3) is 0.0833. The van der Waals surface area contributed by atoms with Crippen LogP contribution >= 0.6 is 11.3 Å². The number of fused-ring (bicyclic) bond motifs is 1. The second-order valence-electron chi connectivity index (χ2n) is 4.10. The predicted molar refractivity (Wildman–Crippen MR) is 77.1 cm³/mol. The lowest BCUT2D eigenvalue weighted by Crippen LogP contribution is -2.25. The van der Waals surface area contributed by atoms with Crippen LogP contribution in [0.1, 0.15) is 0 Å². The molecule has 0 saturated carbocycles. The Balaban J connectivity index is 1.93. The molecule has 3 rings (SSSR count). The first-order chi connectivity index (χ1) is 9.61. The predicted octanol–water partition coefficient (Wildman–Crippen LogP) is 1.05. The zero-order valence-electron chi connectivity index (χ0n) is 10.3.